The van der Waals surface area contributed by atoms with Gasteiger partial charge in [0.15, 0.2) is 0 Å². The van der Waals surface area contributed by atoms with Crippen LogP contribution in [0.2, 0.25) is 0 Å². The first-order valence-electron chi connectivity index (χ1n) is 4.85. The monoisotopic (exact) mass is 256 g/mol. The summed E-state index contributed by atoms with van der Waals surface area (Å²) in [6, 6.07) is 9.53. The summed E-state index contributed by atoms with van der Waals surface area (Å²) in [6.45, 7) is 2.06. The van der Waals surface area contributed by atoms with Crippen LogP contribution in [0, 0.1) is 0 Å². The van der Waals surface area contributed by atoms with Gasteiger partial charge in [-0.3, -0.25) is 0 Å². The molecule has 0 atom stereocenters. The summed E-state index contributed by atoms with van der Waals surface area (Å²) in [5.74, 6) is -0.0574. The molecular weight excluding hydrogens is 243 g/mol. The molecular formula is C12H14BrF. The first kappa shape index (κ1) is 11.4. The molecule has 0 amide bonds. The van der Waals surface area contributed by atoms with E-state index in [1.807, 2.05) is 30.3 Å². The van der Waals surface area contributed by atoms with Crippen molar-refractivity contribution in [2.24, 2.45) is 0 Å². The van der Waals surface area contributed by atoms with E-state index in [0.29, 0.717) is 10.9 Å². The predicted octanol–water partition coefficient (Wildman–Crippen LogP) is 4.91. The third kappa shape index (κ3) is 3.26. The minimum Gasteiger partial charge on any atom is -0.211 e. The Labute approximate surface area is 93.0 Å². The van der Waals surface area contributed by atoms with Crippen molar-refractivity contribution < 1.29 is 4.39 Å². The maximum Gasteiger partial charge on any atom is 0.115 e. The van der Waals surface area contributed by atoms with Crippen LogP contribution < -0.4 is 0 Å². The number of allylic oxidation sites excluding steroid dienone is 1. The standard InChI is InChI=1S/C12H14BrF/c1-2-3-9-11(14)12(13)10-7-5-4-6-8-10/h4-8H,2-3,9H2,1H3/b12-11-. The second-order valence-corrected chi connectivity index (χ2v) is 3.98. The SMILES string of the molecule is CCCC/C(F)=C(/Br)c1ccccc1. The fourth-order valence-electron chi connectivity index (χ4n) is 1.18. The molecule has 0 fully saturated rings. The smallest absolute Gasteiger partial charge is 0.115 e. The Hall–Kier alpha value is -0.630. The van der Waals surface area contributed by atoms with Crippen LogP contribution in [-0.4, -0.2) is 0 Å². The molecule has 1 aromatic rings. The lowest BCUT2D eigenvalue weighted by Crippen LogP contribution is -1.82. The quantitative estimate of drug-likeness (QED) is 0.718. The van der Waals surface area contributed by atoms with Crippen LogP contribution in [-0.2, 0) is 0 Å². The van der Waals surface area contributed by atoms with E-state index in [2.05, 4.69) is 22.9 Å². The summed E-state index contributed by atoms with van der Waals surface area (Å²) in [7, 11) is 0. The predicted molar refractivity (Wildman–Crippen MR) is 62.9 cm³/mol. The van der Waals surface area contributed by atoms with Crippen molar-refractivity contribution in [3.8, 4) is 0 Å². The molecule has 0 nitrogen and oxygen atoms in total. The molecule has 0 aliphatic rings. The van der Waals surface area contributed by atoms with Gasteiger partial charge in [-0.1, -0.05) is 43.7 Å². The number of benzene rings is 1. The van der Waals surface area contributed by atoms with Crippen LogP contribution in [0.5, 0.6) is 0 Å². The lowest BCUT2D eigenvalue weighted by atomic mass is 10.1. The van der Waals surface area contributed by atoms with Gasteiger partial charge in [0, 0.05) is 6.42 Å². The highest BCUT2D eigenvalue weighted by Crippen LogP contribution is 2.28. The summed E-state index contributed by atoms with van der Waals surface area (Å²) < 4.78 is 14.1. The minimum absolute atomic E-state index is 0.0574. The summed E-state index contributed by atoms with van der Waals surface area (Å²) in [4.78, 5) is 0. The van der Waals surface area contributed by atoms with E-state index in [1.54, 1.807) is 0 Å². The Kier molecular flexibility index (Phi) is 4.88. The summed E-state index contributed by atoms with van der Waals surface area (Å²) in [5, 5.41) is 0. The van der Waals surface area contributed by atoms with Crippen molar-refractivity contribution in [3.63, 3.8) is 0 Å². The van der Waals surface area contributed by atoms with Gasteiger partial charge < -0.3 is 0 Å². The highest BCUT2D eigenvalue weighted by Gasteiger charge is 2.04. The zero-order chi connectivity index (χ0) is 10.4. The maximum absolute atomic E-state index is 13.5. The van der Waals surface area contributed by atoms with Gasteiger partial charge in [0.05, 0.1) is 4.48 Å². The van der Waals surface area contributed by atoms with Crippen molar-refractivity contribution in [2.45, 2.75) is 26.2 Å². The van der Waals surface area contributed by atoms with Gasteiger partial charge in [-0.05, 0) is 27.9 Å². The first-order valence-corrected chi connectivity index (χ1v) is 5.64. The summed E-state index contributed by atoms with van der Waals surface area (Å²) >= 11 is 3.29. The molecule has 0 bridgehead atoms. The lowest BCUT2D eigenvalue weighted by Gasteiger charge is -2.02. The maximum atomic E-state index is 13.5. The van der Waals surface area contributed by atoms with E-state index in [0.717, 1.165) is 18.4 Å². The van der Waals surface area contributed by atoms with Crippen molar-refractivity contribution in [3.05, 3.63) is 41.7 Å². The van der Waals surface area contributed by atoms with Crippen molar-refractivity contribution in [1.29, 1.82) is 0 Å². The molecule has 0 radical (unpaired) electrons. The van der Waals surface area contributed by atoms with E-state index < -0.39 is 0 Å². The van der Waals surface area contributed by atoms with Gasteiger partial charge >= 0.3 is 0 Å². The lowest BCUT2D eigenvalue weighted by molar-refractivity contribution is 0.576. The van der Waals surface area contributed by atoms with Crippen molar-refractivity contribution in [2.75, 3.05) is 0 Å². The average Bonchev–Trinajstić information content (AvgIpc) is 2.26. The van der Waals surface area contributed by atoms with Gasteiger partial charge in [-0.2, -0.15) is 0 Å². The number of halogens is 2. The topological polar surface area (TPSA) is 0 Å². The number of unbranched alkanes of at least 4 members (excludes halogenated alkanes) is 1. The van der Waals surface area contributed by atoms with Gasteiger partial charge in [-0.15, -0.1) is 0 Å². The van der Waals surface area contributed by atoms with Crippen molar-refractivity contribution >= 4 is 20.4 Å². The van der Waals surface area contributed by atoms with Crippen LogP contribution >= 0.6 is 15.9 Å². The van der Waals surface area contributed by atoms with Gasteiger partial charge in [0.25, 0.3) is 0 Å². The molecule has 1 aromatic carbocycles. The van der Waals surface area contributed by atoms with Crippen LogP contribution in [0.15, 0.2) is 36.2 Å². The van der Waals surface area contributed by atoms with Crippen LogP contribution in [0.25, 0.3) is 4.48 Å². The summed E-state index contributed by atoms with van der Waals surface area (Å²) in [6.07, 6.45) is 2.43. The van der Waals surface area contributed by atoms with Gasteiger partial charge in [0.1, 0.15) is 5.83 Å². The largest absolute Gasteiger partial charge is 0.211 e. The van der Waals surface area contributed by atoms with Crippen LogP contribution in [0.3, 0.4) is 0 Å². The molecule has 0 N–H and O–H groups in total. The molecule has 0 heterocycles. The normalized spacial score (nSPS) is 12.5. The fourth-order valence-corrected chi connectivity index (χ4v) is 1.65. The average molecular weight is 257 g/mol. The molecule has 2 heteroatoms. The van der Waals surface area contributed by atoms with E-state index in [4.69, 9.17) is 0 Å². The Morgan fingerprint density at radius 1 is 1.29 bits per heavy atom. The van der Waals surface area contributed by atoms with Gasteiger partial charge in [0.2, 0.25) is 0 Å². The molecule has 0 aromatic heterocycles. The van der Waals surface area contributed by atoms with E-state index >= 15 is 0 Å². The van der Waals surface area contributed by atoms with Crippen LogP contribution in [0.4, 0.5) is 4.39 Å². The highest BCUT2D eigenvalue weighted by molar-refractivity contribution is 9.15. The molecule has 0 saturated heterocycles. The second-order valence-electron chi connectivity index (χ2n) is 3.19. The third-order valence-electron chi connectivity index (χ3n) is 2.02. The Bertz CT molecular complexity index is 303. The zero-order valence-electron chi connectivity index (χ0n) is 8.26. The van der Waals surface area contributed by atoms with E-state index in [9.17, 15) is 4.39 Å². The Balaban J connectivity index is 2.77. The zero-order valence-corrected chi connectivity index (χ0v) is 9.85. The Morgan fingerprint density at radius 2 is 1.93 bits per heavy atom. The van der Waals surface area contributed by atoms with Crippen molar-refractivity contribution in [1.82, 2.24) is 0 Å². The van der Waals surface area contributed by atoms with E-state index in [1.165, 1.54) is 0 Å². The molecule has 76 valence electrons. The van der Waals surface area contributed by atoms with E-state index in [-0.39, 0.29) is 5.83 Å². The number of hydrogen-bond acceptors (Lipinski definition) is 0. The third-order valence-corrected chi connectivity index (χ3v) is 2.90. The highest BCUT2D eigenvalue weighted by atomic mass is 79.9. The number of rotatable bonds is 4. The number of hydrogen-bond donors (Lipinski definition) is 0. The fraction of sp³-hybridized carbons (Fsp3) is 0.333. The Morgan fingerprint density at radius 3 is 2.50 bits per heavy atom. The molecule has 14 heavy (non-hydrogen) atoms. The molecule has 0 aliphatic heterocycles. The second kappa shape index (κ2) is 5.97. The van der Waals surface area contributed by atoms with Gasteiger partial charge in [-0.25, -0.2) is 4.39 Å². The summed E-state index contributed by atoms with van der Waals surface area (Å²) in [5.41, 5.74) is 0.904. The molecule has 0 spiro atoms. The first-order chi connectivity index (χ1) is 6.75. The molecule has 0 unspecified atom stereocenters. The molecule has 0 saturated carbocycles. The minimum atomic E-state index is -0.0574. The molecule has 1 rings (SSSR count). The van der Waals surface area contributed by atoms with Crippen LogP contribution in [0.1, 0.15) is 31.7 Å². The molecule has 0 aliphatic carbocycles.